The molecule has 2 aromatic rings. The number of nitrogens with one attached hydrogen (secondary N) is 2. The van der Waals surface area contributed by atoms with E-state index >= 15 is 0 Å². The van der Waals surface area contributed by atoms with E-state index in [-0.39, 0.29) is 22.8 Å². The average Bonchev–Trinajstić information content (AvgIpc) is 3.15. The summed E-state index contributed by atoms with van der Waals surface area (Å²) in [6.45, 7) is 2.05. The highest BCUT2D eigenvalue weighted by atomic mass is 32.2. The molecule has 0 saturated heterocycles. The van der Waals surface area contributed by atoms with Gasteiger partial charge in [-0.1, -0.05) is 42.7 Å². The van der Waals surface area contributed by atoms with E-state index in [4.69, 9.17) is 0 Å². The minimum Gasteiger partial charge on any atom is -0.310 e. The van der Waals surface area contributed by atoms with Gasteiger partial charge in [0.2, 0.25) is 5.91 Å². The molecule has 24 heavy (non-hydrogen) atoms. The summed E-state index contributed by atoms with van der Waals surface area (Å²) < 4.78 is 1.91. The second-order valence-electron chi connectivity index (χ2n) is 6.66. The van der Waals surface area contributed by atoms with Crippen molar-refractivity contribution in [1.82, 2.24) is 9.78 Å². The number of amides is 1. The number of carbonyl (C=O) groups is 1. The van der Waals surface area contributed by atoms with Crippen molar-refractivity contribution < 1.29 is 4.79 Å². The Balaban J connectivity index is 1.83. The maximum Gasteiger partial charge on any atom is 0.270 e. The Hall–Kier alpha value is -1.95. The van der Waals surface area contributed by atoms with Gasteiger partial charge in [-0.3, -0.25) is 19.4 Å². The Morgan fingerprint density at radius 1 is 1.12 bits per heavy atom. The van der Waals surface area contributed by atoms with Gasteiger partial charge in [-0.05, 0) is 25.3 Å². The van der Waals surface area contributed by atoms with Crippen LogP contribution in [0.3, 0.4) is 0 Å². The van der Waals surface area contributed by atoms with E-state index in [1.807, 2.05) is 11.6 Å². The molecule has 4 rings (SSSR count). The molecule has 0 radical (unpaired) electrons. The first-order chi connectivity index (χ1) is 11.6. The highest BCUT2D eigenvalue weighted by Gasteiger charge is 2.32. The average molecular weight is 343 g/mol. The molecule has 6 heteroatoms. The first-order valence-electron chi connectivity index (χ1n) is 8.46. The van der Waals surface area contributed by atoms with Gasteiger partial charge in [0.05, 0.1) is 22.6 Å². The molecule has 1 aromatic carbocycles. The molecule has 1 unspecified atom stereocenters. The fourth-order valence-corrected chi connectivity index (χ4v) is 4.81. The lowest BCUT2D eigenvalue weighted by Crippen LogP contribution is -2.18. The number of aromatic nitrogens is 2. The minimum absolute atomic E-state index is 0.0402. The quantitative estimate of drug-likeness (QED) is 0.878. The summed E-state index contributed by atoms with van der Waals surface area (Å²) in [4.78, 5) is 24.9. The van der Waals surface area contributed by atoms with Crippen LogP contribution in [0, 0.1) is 6.92 Å². The fourth-order valence-electron chi connectivity index (χ4n) is 3.68. The molecule has 1 amide bonds. The van der Waals surface area contributed by atoms with Crippen LogP contribution in [0.1, 0.15) is 53.7 Å². The lowest BCUT2D eigenvalue weighted by Gasteiger charge is -2.16. The number of benzene rings is 1. The summed E-state index contributed by atoms with van der Waals surface area (Å²) in [5.41, 5.74) is 2.85. The van der Waals surface area contributed by atoms with Crippen molar-refractivity contribution in [3.8, 4) is 0 Å². The number of aromatic amines is 1. The number of thioether (sulfide) groups is 1. The summed E-state index contributed by atoms with van der Waals surface area (Å²) in [6.07, 6.45) is 4.44. The van der Waals surface area contributed by atoms with E-state index in [0.29, 0.717) is 17.1 Å². The Kier molecular flexibility index (Phi) is 4.00. The van der Waals surface area contributed by atoms with Gasteiger partial charge >= 0.3 is 0 Å². The monoisotopic (exact) mass is 343 g/mol. The normalized spacial score (nSPS) is 21.4. The molecule has 1 aliphatic heterocycles. The van der Waals surface area contributed by atoms with Crippen LogP contribution in [0.15, 0.2) is 29.1 Å². The lowest BCUT2D eigenvalue weighted by atomic mass is 10.0. The van der Waals surface area contributed by atoms with Crippen LogP contribution in [0.4, 0.5) is 5.82 Å². The Morgan fingerprint density at radius 3 is 2.54 bits per heavy atom. The summed E-state index contributed by atoms with van der Waals surface area (Å²) >= 11 is 1.52. The van der Waals surface area contributed by atoms with Crippen LogP contribution in [-0.2, 0) is 4.79 Å². The Morgan fingerprint density at radius 2 is 1.83 bits per heavy atom. The summed E-state index contributed by atoms with van der Waals surface area (Å²) in [7, 11) is 0. The van der Waals surface area contributed by atoms with Crippen molar-refractivity contribution in [3.63, 3.8) is 0 Å². The zero-order valence-electron chi connectivity index (χ0n) is 13.7. The SMILES string of the molecule is Cc1ccc(C2SCC(=O)Nc3c2c(=O)[nH]n3C2CCCC2)cc1. The minimum atomic E-state index is -0.119. The first kappa shape index (κ1) is 15.6. The number of hydrogen-bond donors (Lipinski definition) is 2. The number of H-pyrrole nitrogens is 1. The maximum atomic E-state index is 12.7. The largest absolute Gasteiger partial charge is 0.310 e. The molecule has 0 spiro atoms. The number of nitrogens with zero attached hydrogens (tertiary/aromatic N) is 1. The van der Waals surface area contributed by atoms with Crippen LogP contribution >= 0.6 is 11.8 Å². The van der Waals surface area contributed by atoms with Gasteiger partial charge in [0, 0.05) is 0 Å². The number of aryl methyl sites for hydroxylation is 1. The molecule has 126 valence electrons. The number of carbonyl (C=O) groups excluding carboxylic acids is 1. The van der Waals surface area contributed by atoms with E-state index in [1.165, 1.54) is 30.2 Å². The third-order valence-electron chi connectivity index (χ3n) is 4.93. The molecule has 1 atom stereocenters. The number of fused-ring (bicyclic) bond motifs is 1. The van der Waals surface area contributed by atoms with Crippen LogP contribution < -0.4 is 10.9 Å². The van der Waals surface area contributed by atoms with Crippen LogP contribution in [0.2, 0.25) is 0 Å². The molecular formula is C18H21N3O2S. The fraction of sp³-hybridized carbons (Fsp3) is 0.444. The van der Waals surface area contributed by atoms with Gasteiger partial charge in [0.25, 0.3) is 5.56 Å². The molecule has 1 fully saturated rings. The van der Waals surface area contributed by atoms with Crippen molar-refractivity contribution >= 4 is 23.5 Å². The topological polar surface area (TPSA) is 66.9 Å². The van der Waals surface area contributed by atoms with E-state index in [0.717, 1.165) is 18.4 Å². The molecule has 0 bridgehead atoms. The standard InChI is InChI=1S/C18H21N3O2S/c1-11-6-8-12(9-7-11)16-15-17(19-14(22)10-24-16)21(20-18(15)23)13-4-2-3-5-13/h6-9,13,16H,2-5,10H2,1H3,(H,19,22)(H,20,23). The zero-order valence-corrected chi connectivity index (χ0v) is 14.5. The van der Waals surface area contributed by atoms with Gasteiger partial charge in [-0.15, -0.1) is 11.8 Å². The molecule has 2 aliphatic rings. The van der Waals surface area contributed by atoms with Crippen molar-refractivity contribution in [2.75, 3.05) is 11.1 Å². The zero-order chi connectivity index (χ0) is 16.7. The van der Waals surface area contributed by atoms with Crippen molar-refractivity contribution in [2.24, 2.45) is 0 Å². The third-order valence-corrected chi connectivity index (χ3v) is 6.20. The van der Waals surface area contributed by atoms with Crippen molar-refractivity contribution in [2.45, 2.75) is 43.9 Å². The van der Waals surface area contributed by atoms with Gasteiger partial charge in [-0.25, -0.2) is 0 Å². The van der Waals surface area contributed by atoms with Gasteiger partial charge in [-0.2, -0.15) is 0 Å². The molecule has 2 heterocycles. The predicted octanol–water partition coefficient (Wildman–Crippen LogP) is 3.37. The smallest absolute Gasteiger partial charge is 0.270 e. The van der Waals surface area contributed by atoms with Gasteiger partial charge in [0.1, 0.15) is 5.82 Å². The Bertz CT molecular complexity index is 816. The maximum absolute atomic E-state index is 12.7. The van der Waals surface area contributed by atoms with Crippen molar-refractivity contribution in [1.29, 1.82) is 0 Å². The molecular weight excluding hydrogens is 322 g/mol. The summed E-state index contributed by atoms with van der Waals surface area (Å²) in [5.74, 6) is 0.992. The molecule has 1 aliphatic carbocycles. The molecule has 5 nitrogen and oxygen atoms in total. The van der Waals surface area contributed by atoms with Crippen LogP contribution in [0.25, 0.3) is 0 Å². The second kappa shape index (κ2) is 6.16. The van der Waals surface area contributed by atoms with Crippen LogP contribution in [-0.4, -0.2) is 21.4 Å². The predicted molar refractivity (Wildman–Crippen MR) is 96.7 cm³/mol. The van der Waals surface area contributed by atoms with Gasteiger partial charge in [0.15, 0.2) is 0 Å². The highest BCUT2D eigenvalue weighted by molar-refractivity contribution is 8.00. The van der Waals surface area contributed by atoms with Crippen LogP contribution in [0.5, 0.6) is 0 Å². The molecule has 2 N–H and O–H groups in total. The van der Waals surface area contributed by atoms with E-state index < -0.39 is 0 Å². The highest BCUT2D eigenvalue weighted by Crippen LogP contribution is 2.41. The van der Waals surface area contributed by atoms with E-state index in [9.17, 15) is 9.59 Å². The summed E-state index contributed by atoms with van der Waals surface area (Å²) in [6, 6.07) is 8.50. The lowest BCUT2D eigenvalue weighted by molar-refractivity contribution is -0.113. The van der Waals surface area contributed by atoms with Gasteiger partial charge < -0.3 is 5.32 Å². The van der Waals surface area contributed by atoms with Crippen molar-refractivity contribution in [3.05, 3.63) is 51.3 Å². The number of rotatable bonds is 2. The third kappa shape index (κ3) is 2.69. The number of anilines is 1. The molecule has 1 saturated carbocycles. The second-order valence-corrected chi connectivity index (χ2v) is 7.75. The number of hydrogen-bond acceptors (Lipinski definition) is 3. The summed E-state index contributed by atoms with van der Waals surface area (Å²) in [5, 5.41) is 5.84. The molecule has 1 aromatic heterocycles. The van der Waals surface area contributed by atoms with E-state index in [2.05, 4.69) is 34.7 Å². The first-order valence-corrected chi connectivity index (χ1v) is 9.51. The Labute approximate surface area is 144 Å². The van der Waals surface area contributed by atoms with E-state index in [1.54, 1.807) is 0 Å².